The molecule has 0 spiro atoms. The van der Waals surface area contributed by atoms with E-state index in [4.69, 9.17) is 23.2 Å². The number of carbonyl (C=O) groups is 1. The van der Waals surface area contributed by atoms with Gasteiger partial charge in [0.2, 0.25) is 0 Å². The molecule has 19 heavy (non-hydrogen) atoms. The van der Waals surface area contributed by atoms with Crippen LogP contribution in [-0.2, 0) is 0 Å². The fourth-order valence-electron chi connectivity index (χ4n) is 2.50. The molecule has 1 unspecified atom stereocenters. The molecule has 6 heteroatoms. The number of nitrogens with zero attached hydrogens (tertiary/aromatic N) is 2. The van der Waals surface area contributed by atoms with Crippen LogP contribution in [0.15, 0.2) is 18.2 Å². The Bertz CT molecular complexity index is 681. The zero-order valence-electron chi connectivity index (χ0n) is 10.4. The number of H-pyrrole nitrogens is 1. The first kappa shape index (κ1) is 12.5. The number of aromatic nitrogens is 2. The van der Waals surface area contributed by atoms with E-state index in [-0.39, 0.29) is 11.9 Å². The number of hydrogen-bond donors (Lipinski definition) is 1. The van der Waals surface area contributed by atoms with Crippen molar-refractivity contribution in [2.24, 2.45) is 0 Å². The Balaban J connectivity index is 2.20. The van der Waals surface area contributed by atoms with E-state index in [1.165, 1.54) is 0 Å². The van der Waals surface area contributed by atoms with Gasteiger partial charge in [-0.05, 0) is 24.6 Å². The van der Waals surface area contributed by atoms with Crippen molar-refractivity contribution in [2.75, 3.05) is 7.05 Å². The highest BCUT2D eigenvalue weighted by Crippen LogP contribution is 2.41. The van der Waals surface area contributed by atoms with E-state index in [1.54, 1.807) is 24.1 Å². The molecule has 1 aromatic heterocycles. The maximum absolute atomic E-state index is 12.1. The highest BCUT2D eigenvalue weighted by molar-refractivity contribution is 6.35. The molecule has 1 aliphatic heterocycles. The molecule has 1 atom stereocenters. The van der Waals surface area contributed by atoms with Gasteiger partial charge in [0.15, 0.2) is 5.69 Å². The van der Waals surface area contributed by atoms with Crippen molar-refractivity contribution in [3.05, 3.63) is 50.8 Å². The van der Waals surface area contributed by atoms with Crippen LogP contribution in [0.5, 0.6) is 0 Å². The summed E-state index contributed by atoms with van der Waals surface area (Å²) in [6.45, 7) is 1.90. The predicted molar refractivity (Wildman–Crippen MR) is 73.7 cm³/mol. The molecule has 0 saturated heterocycles. The highest BCUT2D eigenvalue weighted by Gasteiger charge is 2.39. The predicted octanol–water partition coefficient (Wildman–Crippen LogP) is 3.20. The van der Waals surface area contributed by atoms with Gasteiger partial charge in [-0.1, -0.05) is 29.3 Å². The van der Waals surface area contributed by atoms with Gasteiger partial charge in [0.25, 0.3) is 5.91 Å². The smallest absolute Gasteiger partial charge is 0.275 e. The third kappa shape index (κ3) is 1.75. The number of aryl methyl sites for hydroxylation is 1. The minimum atomic E-state index is -0.217. The second kappa shape index (κ2) is 4.25. The summed E-state index contributed by atoms with van der Waals surface area (Å²) in [6, 6.07) is 5.09. The van der Waals surface area contributed by atoms with E-state index >= 15 is 0 Å². The van der Waals surface area contributed by atoms with E-state index < -0.39 is 0 Å². The fraction of sp³-hybridized carbons (Fsp3) is 0.231. The number of hydrogen-bond acceptors (Lipinski definition) is 2. The van der Waals surface area contributed by atoms with Crippen LogP contribution in [0.1, 0.15) is 33.4 Å². The maximum atomic E-state index is 12.1. The van der Waals surface area contributed by atoms with Crippen molar-refractivity contribution in [1.29, 1.82) is 0 Å². The van der Waals surface area contributed by atoms with Crippen molar-refractivity contribution in [1.82, 2.24) is 15.1 Å². The molecule has 1 aliphatic rings. The number of aromatic amines is 1. The minimum absolute atomic E-state index is 0.102. The quantitative estimate of drug-likeness (QED) is 0.878. The lowest BCUT2D eigenvalue weighted by Gasteiger charge is -2.22. The van der Waals surface area contributed by atoms with Crippen LogP contribution in [0.2, 0.25) is 10.0 Å². The number of benzene rings is 1. The Morgan fingerprint density at radius 2 is 2.11 bits per heavy atom. The van der Waals surface area contributed by atoms with Crippen LogP contribution in [0.3, 0.4) is 0 Å². The molecule has 0 aliphatic carbocycles. The Kier molecular flexibility index (Phi) is 2.80. The van der Waals surface area contributed by atoms with Crippen molar-refractivity contribution >= 4 is 29.1 Å². The third-order valence-electron chi connectivity index (χ3n) is 3.44. The number of nitrogens with one attached hydrogen (secondary N) is 1. The summed E-state index contributed by atoms with van der Waals surface area (Å²) in [5.74, 6) is -0.102. The fourth-order valence-corrected chi connectivity index (χ4v) is 3.01. The Morgan fingerprint density at radius 1 is 1.37 bits per heavy atom. The third-order valence-corrected chi connectivity index (χ3v) is 4.00. The molecule has 1 aromatic carbocycles. The zero-order chi connectivity index (χ0) is 13.7. The summed E-state index contributed by atoms with van der Waals surface area (Å²) >= 11 is 12.2. The molecular weight excluding hydrogens is 285 g/mol. The second-order valence-corrected chi connectivity index (χ2v) is 5.44. The van der Waals surface area contributed by atoms with Gasteiger partial charge in [0, 0.05) is 28.4 Å². The molecule has 98 valence electrons. The average Bonchev–Trinajstić information content (AvgIpc) is 2.83. The Labute approximate surface area is 120 Å². The number of rotatable bonds is 1. The summed E-state index contributed by atoms with van der Waals surface area (Å²) in [5, 5.41) is 8.04. The first-order valence-electron chi connectivity index (χ1n) is 5.77. The van der Waals surface area contributed by atoms with Crippen molar-refractivity contribution in [2.45, 2.75) is 13.0 Å². The Morgan fingerprint density at radius 3 is 2.79 bits per heavy atom. The second-order valence-electron chi connectivity index (χ2n) is 4.60. The zero-order valence-corrected chi connectivity index (χ0v) is 11.9. The Hall–Kier alpha value is -1.52. The van der Waals surface area contributed by atoms with E-state index in [0.717, 1.165) is 16.8 Å². The van der Waals surface area contributed by atoms with Gasteiger partial charge in [-0.2, -0.15) is 5.10 Å². The van der Waals surface area contributed by atoms with Gasteiger partial charge in [-0.3, -0.25) is 9.89 Å². The lowest BCUT2D eigenvalue weighted by Crippen LogP contribution is -2.25. The van der Waals surface area contributed by atoms with Crippen LogP contribution in [-0.4, -0.2) is 28.1 Å². The first-order chi connectivity index (χ1) is 9.00. The normalized spacial score (nSPS) is 18.0. The molecule has 0 saturated carbocycles. The number of fused-ring (bicyclic) bond motifs is 1. The SMILES string of the molecule is Cc1[nH]nc2c1C(c1ccc(Cl)cc1Cl)N(C)C2=O. The minimum Gasteiger partial charge on any atom is -0.329 e. The van der Waals surface area contributed by atoms with Crippen LogP contribution < -0.4 is 0 Å². The van der Waals surface area contributed by atoms with Gasteiger partial charge in [-0.25, -0.2) is 0 Å². The molecule has 0 fully saturated rings. The van der Waals surface area contributed by atoms with Gasteiger partial charge in [-0.15, -0.1) is 0 Å². The van der Waals surface area contributed by atoms with Crippen molar-refractivity contribution < 1.29 is 4.79 Å². The lowest BCUT2D eigenvalue weighted by atomic mass is 9.99. The van der Waals surface area contributed by atoms with Gasteiger partial charge in [0.1, 0.15) is 0 Å². The molecule has 2 aromatic rings. The van der Waals surface area contributed by atoms with Crippen LogP contribution >= 0.6 is 23.2 Å². The summed E-state index contributed by atoms with van der Waals surface area (Å²) in [4.78, 5) is 13.8. The molecule has 2 heterocycles. The maximum Gasteiger partial charge on any atom is 0.275 e. The van der Waals surface area contributed by atoms with Gasteiger partial charge in [0.05, 0.1) is 6.04 Å². The first-order valence-corrected chi connectivity index (χ1v) is 6.53. The van der Waals surface area contributed by atoms with Crippen LogP contribution in [0.4, 0.5) is 0 Å². The summed E-state index contributed by atoms with van der Waals surface area (Å²) in [7, 11) is 1.75. The van der Waals surface area contributed by atoms with E-state index in [2.05, 4.69) is 10.2 Å². The standard InChI is InChI=1S/C13H11Cl2N3O/c1-6-10-11(17-16-6)13(19)18(2)12(10)8-4-3-7(14)5-9(8)15/h3-5,12H,1-2H3,(H,16,17). The van der Waals surface area contributed by atoms with Crippen LogP contribution in [0, 0.1) is 6.92 Å². The van der Waals surface area contributed by atoms with Crippen molar-refractivity contribution in [3.63, 3.8) is 0 Å². The summed E-state index contributed by atoms with van der Waals surface area (Å²) in [5.41, 5.74) is 3.08. The molecule has 0 radical (unpaired) electrons. The van der Waals surface area contributed by atoms with Gasteiger partial charge < -0.3 is 4.90 Å². The monoisotopic (exact) mass is 295 g/mol. The lowest BCUT2D eigenvalue weighted by molar-refractivity contribution is 0.0787. The number of amides is 1. The summed E-state index contributed by atoms with van der Waals surface area (Å²) in [6.07, 6.45) is 0. The van der Waals surface area contributed by atoms with Crippen LogP contribution in [0.25, 0.3) is 0 Å². The molecular formula is C13H11Cl2N3O. The van der Waals surface area contributed by atoms with E-state index in [1.807, 2.05) is 13.0 Å². The van der Waals surface area contributed by atoms with Gasteiger partial charge >= 0.3 is 0 Å². The number of halogens is 2. The molecule has 1 N–H and O–H groups in total. The molecule has 1 amide bonds. The molecule has 3 rings (SSSR count). The molecule has 0 bridgehead atoms. The molecule has 4 nitrogen and oxygen atoms in total. The topological polar surface area (TPSA) is 49.0 Å². The van der Waals surface area contributed by atoms with Crippen molar-refractivity contribution in [3.8, 4) is 0 Å². The van der Waals surface area contributed by atoms with E-state index in [0.29, 0.717) is 15.7 Å². The average molecular weight is 296 g/mol. The summed E-state index contributed by atoms with van der Waals surface area (Å²) < 4.78 is 0. The highest BCUT2D eigenvalue weighted by atomic mass is 35.5. The number of carbonyl (C=O) groups excluding carboxylic acids is 1. The largest absolute Gasteiger partial charge is 0.329 e. The van der Waals surface area contributed by atoms with E-state index in [9.17, 15) is 4.79 Å².